The van der Waals surface area contributed by atoms with E-state index in [4.69, 9.17) is 17.0 Å². The highest BCUT2D eigenvalue weighted by molar-refractivity contribution is 6.30. The van der Waals surface area contributed by atoms with Gasteiger partial charge in [-0.15, -0.1) is 0 Å². The van der Waals surface area contributed by atoms with Crippen molar-refractivity contribution in [2.75, 3.05) is 26.2 Å². The summed E-state index contributed by atoms with van der Waals surface area (Å²) in [7, 11) is 0. The summed E-state index contributed by atoms with van der Waals surface area (Å²) < 4.78 is 2.12. The number of amides is 1. The van der Waals surface area contributed by atoms with Gasteiger partial charge in [0.2, 0.25) is 6.41 Å². The molecule has 0 saturated carbocycles. The molecule has 2 aromatic rings. The first-order valence-electron chi connectivity index (χ1n) is 11.2. The minimum absolute atomic E-state index is 0.00775. The number of aromatic nitrogens is 2. The van der Waals surface area contributed by atoms with E-state index in [2.05, 4.69) is 40.1 Å². The molecule has 0 spiro atoms. The fourth-order valence-corrected chi connectivity index (χ4v) is 4.37. The van der Waals surface area contributed by atoms with Gasteiger partial charge in [-0.1, -0.05) is 48.9 Å². The Bertz CT molecular complexity index is 1050. The highest BCUT2D eigenvalue weighted by atomic mass is 35.5. The Labute approximate surface area is 201 Å². The Morgan fingerprint density at radius 2 is 2.06 bits per heavy atom. The van der Waals surface area contributed by atoms with Crippen LogP contribution in [0, 0.1) is 5.41 Å². The van der Waals surface area contributed by atoms with Gasteiger partial charge >= 0.3 is 0 Å². The number of benzene rings is 1. The van der Waals surface area contributed by atoms with E-state index in [0.717, 1.165) is 54.0 Å². The van der Waals surface area contributed by atoms with Crippen molar-refractivity contribution in [3.63, 3.8) is 0 Å². The largest absolute Gasteiger partial charge is 0.343 e. The van der Waals surface area contributed by atoms with Crippen molar-refractivity contribution in [3.8, 4) is 0 Å². The van der Waals surface area contributed by atoms with Gasteiger partial charge < -0.3 is 14.9 Å². The predicted octanol–water partition coefficient (Wildman–Crippen LogP) is 4.78. The second-order valence-electron chi connectivity index (χ2n) is 8.22. The molecule has 1 aromatic carbocycles. The number of nitrogens with zero attached hydrogens (tertiary/aromatic N) is 4. The van der Waals surface area contributed by atoms with Gasteiger partial charge in [-0.05, 0) is 41.8 Å². The first kappa shape index (κ1) is 24.7. The number of halogens is 1. The van der Waals surface area contributed by atoms with E-state index < -0.39 is 0 Å². The molecule has 7 heteroatoms. The van der Waals surface area contributed by atoms with Crippen LogP contribution in [-0.4, -0.2) is 58.2 Å². The standard InChI is InChI=1S/C26H32ClN5O/c1-4-26-29-10-11-32(26)18-21(3)24-17-22(27)7-8-23(24)25(16-20(2)6-5-9-28)31-14-12-30(19-33)13-15-31/h5-11,16-17,19,25,28H,3-4,12-15,18H2,1-2H3/b6-5-,20-16+,28-9?. The molecule has 33 heavy (non-hydrogen) atoms. The molecule has 1 amide bonds. The van der Waals surface area contributed by atoms with Crippen molar-refractivity contribution >= 4 is 29.8 Å². The number of hydrogen-bond acceptors (Lipinski definition) is 4. The molecule has 0 radical (unpaired) electrons. The molecule has 0 aliphatic carbocycles. The Morgan fingerprint density at radius 1 is 1.30 bits per heavy atom. The van der Waals surface area contributed by atoms with E-state index in [0.29, 0.717) is 24.7 Å². The second kappa shape index (κ2) is 11.8. The van der Waals surface area contributed by atoms with Crippen LogP contribution in [0.25, 0.3) is 5.57 Å². The summed E-state index contributed by atoms with van der Waals surface area (Å²) >= 11 is 6.43. The predicted molar refractivity (Wildman–Crippen MR) is 136 cm³/mol. The van der Waals surface area contributed by atoms with Gasteiger partial charge in [0.1, 0.15) is 5.82 Å². The van der Waals surface area contributed by atoms with Crippen molar-refractivity contribution in [2.45, 2.75) is 32.9 Å². The first-order valence-corrected chi connectivity index (χ1v) is 11.6. The molecule has 2 heterocycles. The molecule has 1 fully saturated rings. The summed E-state index contributed by atoms with van der Waals surface area (Å²) in [6.45, 7) is 12.1. The summed E-state index contributed by atoms with van der Waals surface area (Å²) in [5.41, 5.74) is 4.19. The van der Waals surface area contributed by atoms with Crippen molar-refractivity contribution in [1.82, 2.24) is 19.4 Å². The number of hydrogen-bond donors (Lipinski definition) is 1. The molecule has 1 saturated heterocycles. The normalized spacial score (nSPS) is 16.2. The SMILES string of the molecule is C=C(Cn1ccnc1CC)c1cc(Cl)ccc1C(/C=C(C)/C=C\C=N)N1CCN(C=O)CC1. The van der Waals surface area contributed by atoms with Crippen LogP contribution in [0.5, 0.6) is 0 Å². The second-order valence-corrected chi connectivity index (χ2v) is 8.66. The highest BCUT2D eigenvalue weighted by Gasteiger charge is 2.26. The minimum Gasteiger partial charge on any atom is -0.343 e. The van der Waals surface area contributed by atoms with Gasteiger partial charge in [-0.25, -0.2) is 4.98 Å². The van der Waals surface area contributed by atoms with Gasteiger partial charge in [0.05, 0.1) is 6.04 Å². The molecule has 1 N–H and O–H groups in total. The molecule has 3 rings (SSSR count). The number of allylic oxidation sites excluding steroid dienone is 4. The van der Waals surface area contributed by atoms with E-state index in [1.165, 1.54) is 6.21 Å². The zero-order valence-electron chi connectivity index (χ0n) is 19.4. The lowest BCUT2D eigenvalue weighted by atomic mass is 9.92. The maximum atomic E-state index is 11.2. The zero-order valence-corrected chi connectivity index (χ0v) is 20.1. The molecule has 1 atom stereocenters. The quantitative estimate of drug-likeness (QED) is 0.312. The van der Waals surface area contributed by atoms with E-state index in [-0.39, 0.29) is 6.04 Å². The average molecular weight is 466 g/mol. The molecule has 1 aliphatic heterocycles. The summed E-state index contributed by atoms with van der Waals surface area (Å²) in [5.74, 6) is 1.02. The van der Waals surface area contributed by atoms with Gasteiger partial charge in [0.25, 0.3) is 0 Å². The maximum Gasteiger partial charge on any atom is 0.209 e. The van der Waals surface area contributed by atoms with Crippen LogP contribution in [0.4, 0.5) is 0 Å². The molecule has 1 aliphatic rings. The molecule has 6 nitrogen and oxygen atoms in total. The summed E-state index contributed by atoms with van der Waals surface area (Å²) in [6, 6.07) is 5.99. The number of aryl methyl sites for hydroxylation is 1. The van der Waals surface area contributed by atoms with Crippen LogP contribution in [-0.2, 0) is 17.8 Å². The molecule has 1 unspecified atom stereocenters. The lowest BCUT2D eigenvalue weighted by Gasteiger charge is -2.38. The summed E-state index contributed by atoms with van der Waals surface area (Å²) in [5, 5.41) is 7.97. The number of nitrogens with one attached hydrogen (secondary N) is 1. The number of carbonyl (C=O) groups is 1. The van der Waals surface area contributed by atoms with Crippen LogP contribution >= 0.6 is 11.6 Å². The first-order chi connectivity index (χ1) is 16.0. The third-order valence-electron chi connectivity index (χ3n) is 5.96. The van der Waals surface area contributed by atoms with Gasteiger partial charge in [0.15, 0.2) is 0 Å². The number of piperazine rings is 1. The maximum absolute atomic E-state index is 11.2. The Kier molecular flexibility index (Phi) is 8.80. The van der Waals surface area contributed by atoms with E-state index >= 15 is 0 Å². The van der Waals surface area contributed by atoms with Gasteiger partial charge in [0, 0.05) is 62.8 Å². The lowest BCUT2D eigenvalue weighted by Crippen LogP contribution is -2.46. The van der Waals surface area contributed by atoms with Crippen molar-refractivity contribution in [2.24, 2.45) is 0 Å². The molecule has 1 aromatic heterocycles. The Morgan fingerprint density at radius 3 is 2.73 bits per heavy atom. The molecular formula is C26H32ClN5O. The zero-order chi connectivity index (χ0) is 23.8. The van der Waals surface area contributed by atoms with Crippen molar-refractivity contribution < 1.29 is 4.79 Å². The number of imidazole rings is 1. The fourth-order valence-electron chi connectivity index (χ4n) is 4.20. The number of carbonyl (C=O) groups excluding carboxylic acids is 1. The third-order valence-corrected chi connectivity index (χ3v) is 6.20. The van der Waals surface area contributed by atoms with Gasteiger partial charge in [-0.3, -0.25) is 9.69 Å². The Hall–Kier alpha value is -2.96. The summed E-state index contributed by atoms with van der Waals surface area (Å²) in [4.78, 5) is 19.8. The van der Waals surface area contributed by atoms with Crippen LogP contribution in [0.3, 0.4) is 0 Å². The number of rotatable bonds is 10. The van der Waals surface area contributed by atoms with Crippen LogP contribution < -0.4 is 0 Å². The topological polar surface area (TPSA) is 65.2 Å². The third kappa shape index (κ3) is 6.30. The van der Waals surface area contributed by atoms with Crippen LogP contribution in [0.1, 0.15) is 36.8 Å². The van der Waals surface area contributed by atoms with Crippen LogP contribution in [0.2, 0.25) is 5.02 Å². The smallest absolute Gasteiger partial charge is 0.209 e. The van der Waals surface area contributed by atoms with E-state index in [1.807, 2.05) is 42.4 Å². The monoisotopic (exact) mass is 465 g/mol. The lowest BCUT2D eigenvalue weighted by molar-refractivity contribution is -0.119. The highest BCUT2D eigenvalue weighted by Crippen LogP contribution is 2.33. The van der Waals surface area contributed by atoms with Crippen molar-refractivity contribution in [3.05, 3.63) is 82.9 Å². The summed E-state index contributed by atoms with van der Waals surface area (Å²) in [6.07, 6.45) is 12.7. The average Bonchev–Trinajstić information content (AvgIpc) is 3.28. The Balaban J connectivity index is 2.00. The molecule has 0 bridgehead atoms. The van der Waals surface area contributed by atoms with E-state index in [9.17, 15) is 4.79 Å². The molecule has 174 valence electrons. The fraction of sp³-hybridized carbons (Fsp3) is 0.346. The molecular weight excluding hydrogens is 434 g/mol. The van der Waals surface area contributed by atoms with Crippen LogP contribution in [0.15, 0.2) is 61.0 Å². The minimum atomic E-state index is -0.00775. The van der Waals surface area contributed by atoms with Gasteiger partial charge in [-0.2, -0.15) is 0 Å². The van der Waals surface area contributed by atoms with Crippen molar-refractivity contribution in [1.29, 1.82) is 5.41 Å². The van der Waals surface area contributed by atoms with E-state index in [1.54, 1.807) is 6.08 Å².